The van der Waals surface area contributed by atoms with Gasteiger partial charge in [0.05, 0.1) is 17.4 Å². The summed E-state index contributed by atoms with van der Waals surface area (Å²) in [6, 6.07) is 8.30. The van der Waals surface area contributed by atoms with Crippen LogP contribution in [0.15, 0.2) is 36.4 Å². The second-order valence-electron chi connectivity index (χ2n) is 11.1. The molecule has 3 N–H and O–H groups in total. The Balaban J connectivity index is 1.53. The number of carbonyl (C=O) groups is 2. The fraction of sp³-hybridized carbons (Fsp3) is 0.517. The summed E-state index contributed by atoms with van der Waals surface area (Å²) in [5.74, 6) is -1.11. The second kappa shape index (κ2) is 12.6. The molecule has 2 aliphatic heterocycles. The van der Waals surface area contributed by atoms with Crippen molar-refractivity contribution in [3.63, 3.8) is 0 Å². The van der Waals surface area contributed by atoms with Crippen LogP contribution in [-0.4, -0.2) is 49.4 Å². The SMILES string of the molecule is CC(C)CC(N)c1cc(C(F)(F)F)ccc1N1CCN(C(=O)C(Cc2ccc(Cl)cc2Cl)C2CCNC2=O)CC1. The Kier molecular flexibility index (Phi) is 9.58. The van der Waals surface area contributed by atoms with E-state index in [1.165, 1.54) is 6.07 Å². The first-order valence-electron chi connectivity index (χ1n) is 13.6. The number of hydrogen-bond donors (Lipinski definition) is 2. The zero-order valence-corrected chi connectivity index (χ0v) is 24.1. The zero-order valence-electron chi connectivity index (χ0n) is 22.6. The third-order valence-corrected chi connectivity index (χ3v) is 8.35. The van der Waals surface area contributed by atoms with Gasteiger partial charge in [-0.3, -0.25) is 9.59 Å². The normalized spacial score (nSPS) is 19.6. The maximum absolute atomic E-state index is 13.8. The molecule has 0 radical (unpaired) electrons. The minimum absolute atomic E-state index is 0.128. The number of nitrogens with zero attached hydrogens (tertiary/aromatic N) is 2. The summed E-state index contributed by atoms with van der Waals surface area (Å²) in [7, 11) is 0. The van der Waals surface area contributed by atoms with Crippen LogP contribution in [0.25, 0.3) is 0 Å². The number of carbonyl (C=O) groups excluding carboxylic acids is 2. The molecule has 4 rings (SSSR count). The van der Waals surface area contributed by atoms with Crippen molar-refractivity contribution in [1.82, 2.24) is 10.2 Å². The maximum Gasteiger partial charge on any atom is 0.416 e. The summed E-state index contributed by atoms with van der Waals surface area (Å²) in [4.78, 5) is 30.2. The topological polar surface area (TPSA) is 78.7 Å². The highest BCUT2D eigenvalue weighted by Crippen LogP contribution is 2.37. The van der Waals surface area contributed by atoms with Crippen molar-refractivity contribution in [1.29, 1.82) is 0 Å². The van der Waals surface area contributed by atoms with Gasteiger partial charge in [0.2, 0.25) is 11.8 Å². The molecule has 0 bridgehead atoms. The van der Waals surface area contributed by atoms with Crippen molar-refractivity contribution >= 4 is 40.7 Å². The predicted octanol–water partition coefficient (Wildman–Crippen LogP) is 5.70. The first kappa shape index (κ1) is 30.5. The molecular formula is C29H35Cl2F3N4O2. The summed E-state index contributed by atoms with van der Waals surface area (Å²) < 4.78 is 40.5. The number of amides is 2. The van der Waals surface area contributed by atoms with E-state index in [0.717, 1.165) is 17.7 Å². The summed E-state index contributed by atoms with van der Waals surface area (Å²) in [5, 5.41) is 3.76. The number of hydrogen-bond acceptors (Lipinski definition) is 4. The Labute approximate surface area is 243 Å². The van der Waals surface area contributed by atoms with Gasteiger partial charge in [-0.1, -0.05) is 43.1 Å². The Bertz CT molecular complexity index is 1230. The molecule has 3 unspecified atom stereocenters. The highest BCUT2D eigenvalue weighted by Gasteiger charge is 2.40. The largest absolute Gasteiger partial charge is 0.416 e. The Morgan fingerprint density at radius 2 is 1.80 bits per heavy atom. The highest BCUT2D eigenvalue weighted by molar-refractivity contribution is 6.35. The van der Waals surface area contributed by atoms with Gasteiger partial charge >= 0.3 is 6.18 Å². The van der Waals surface area contributed by atoms with Crippen LogP contribution in [0.4, 0.5) is 18.9 Å². The van der Waals surface area contributed by atoms with E-state index in [1.807, 2.05) is 18.7 Å². The van der Waals surface area contributed by atoms with Crippen molar-refractivity contribution in [3.05, 3.63) is 63.1 Å². The lowest BCUT2D eigenvalue weighted by Gasteiger charge is -2.39. The van der Waals surface area contributed by atoms with Gasteiger partial charge in [0.1, 0.15) is 0 Å². The average Bonchev–Trinajstić information content (AvgIpc) is 3.32. The van der Waals surface area contributed by atoms with Crippen LogP contribution in [0.1, 0.15) is 49.4 Å². The molecular weight excluding hydrogens is 564 g/mol. The second-order valence-corrected chi connectivity index (χ2v) is 11.9. The molecule has 0 aromatic heterocycles. The number of nitrogens with one attached hydrogen (secondary N) is 1. The third kappa shape index (κ3) is 7.04. The van der Waals surface area contributed by atoms with Gasteiger partial charge in [-0.05, 0) is 66.6 Å². The molecule has 0 saturated carbocycles. The molecule has 2 aliphatic rings. The van der Waals surface area contributed by atoms with Crippen LogP contribution in [-0.2, 0) is 22.2 Å². The van der Waals surface area contributed by atoms with E-state index in [2.05, 4.69) is 5.32 Å². The zero-order chi connectivity index (χ0) is 29.2. The smallest absolute Gasteiger partial charge is 0.368 e. The summed E-state index contributed by atoms with van der Waals surface area (Å²) in [6.07, 6.45) is -3.06. The van der Waals surface area contributed by atoms with Crippen molar-refractivity contribution < 1.29 is 22.8 Å². The minimum atomic E-state index is -4.47. The number of rotatable bonds is 8. The molecule has 11 heteroatoms. The Morgan fingerprint density at radius 3 is 2.38 bits per heavy atom. The minimum Gasteiger partial charge on any atom is -0.368 e. The van der Waals surface area contributed by atoms with Gasteiger partial charge in [-0.2, -0.15) is 13.2 Å². The van der Waals surface area contributed by atoms with E-state index in [1.54, 1.807) is 23.1 Å². The fourth-order valence-electron chi connectivity index (χ4n) is 5.68. The molecule has 0 aliphatic carbocycles. The standard InChI is InChI=1S/C29H35Cl2F3N4O2/c1-17(2)13-25(35)23-15-19(29(32,33)34)4-6-26(23)37-9-11-38(12-10-37)28(40)22(21-7-8-36-27(21)39)14-18-3-5-20(30)16-24(18)31/h3-6,15-17,21-22,25H,7-14,35H2,1-2H3,(H,36,39). The van der Waals surface area contributed by atoms with Crippen LogP contribution < -0.4 is 16.0 Å². The van der Waals surface area contributed by atoms with Crippen molar-refractivity contribution in [2.24, 2.45) is 23.5 Å². The predicted molar refractivity (Wildman–Crippen MR) is 151 cm³/mol. The molecule has 2 heterocycles. The number of halogens is 5. The molecule has 40 heavy (non-hydrogen) atoms. The van der Waals surface area contributed by atoms with Gasteiger partial charge in [-0.15, -0.1) is 0 Å². The molecule has 0 spiro atoms. The van der Waals surface area contributed by atoms with Gasteiger partial charge in [-0.25, -0.2) is 0 Å². The maximum atomic E-state index is 13.8. The molecule has 2 fully saturated rings. The van der Waals surface area contributed by atoms with Gasteiger partial charge in [0, 0.05) is 54.5 Å². The van der Waals surface area contributed by atoms with Crippen LogP contribution in [0.2, 0.25) is 10.0 Å². The highest BCUT2D eigenvalue weighted by atomic mass is 35.5. The van der Waals surface area contributed by atoms with Crippen LogP contribution in [0, 0.1) is 17.8 Å². The molecule has 6 nitrogen and oxygen atoms in total. The third-order valence-electron chi connectivity index (χ3n) is 7.76. The van der Waals surface area contributed by atoms with E-state index in [0.29, 0.717) is 73.3 Å². The molecule has 218 valence electrons. The van der Waals surface area contributed by atoms with E-state index >= 15 is 0 Å². The number of alkyl halides is 3. The van der Waals surface area contributed by atoms with Crippen molar-refractivity contribution in [3.8, 4) is 0 Å². The van der Waals surface area contributed by atoms with E-state index in [-0.39, 0.29) is 17.7 Å². The van der Waals surface area contributed by atoms with Gasteiger partial charge < -0.3 is 20.9 Å². The number of piperazine rings is 1. The lowest BCUT2D eigenvalue weighted by atomic mass is 9.84. The monoisotopic (exact) mass is 598 g/mol. The summed E-state index contributed by atoms with van der Waals surface area (Å²) >= 11 is 12.5. The quantitative estimate of drug-likeness (QED) is 0.408. The summed E-state index contributed by atoms with van der Waals surface area (Å²) in [5.41, 5.74) is 7.53. The number of anilines is 1. The number of benzene rings is 2. The fourth-order valence-corrected chi connectivity index (χ4v) is 6.16. The van der Waals surface area contributed by atoms with E-state index in [9.17, 15) is 22.8 Å². The molecule has 2 aromatic rings. The molecule has 2 saturated heterocycles. The molecule has 3 atom stereocenters. The van der Waals surface area contributed by atoms with Gasteiger partial charge in [0.25, 0.3) is 0 Å². The first-order valence-corrected chi connectivity index (χ1v) is 14.3. The van der Waals surface area contributed by atoms with Crippen LogP contribution in [0.5, 0.6) is 0 Å². The van der Waals surface area contributed by atoms with Gasteiger partial charge in [0.15, 0.2) is 0 Å². The lowest BCUT2D eigenvalue weighted by Crippen LogP contribution is -2.52. The molecule has 2 aromatic carbocycles. The van der Waals surface area contributed by atoms with Crippen molar-refractivity contribution in [2.75, 3.05) is 37.6 Å². The van der Waals surface area contributed by atoms with Crippen LogP contribution in [0.3, 0.4) is 0 Å². The number of nitrogens with two attached hydrogens (primary N) is 1. The van der Waals surface area contributed by atoms with E-state index in [4.69, 9.17) is 28.9 Å². The Morgan fingerprint density at radius 1 is 1.10 bits per heavy atom. The molecule has 2 amide bonds. The average molecular weight is 600 g/mol. The first-order chi connectivity index (χ1) is 18.8. The lowest BCUT2D eigenvalue weighted by molar-refractivity contribution is -0.141. The van der Waals surface area contributed by atoms with Crippen molar-refractivity contribution in [2.45, 2.75) is 45.3 Å². The van der Waals surface area contributed by atoms with Crippen LogP contribution >= 0.6 is 23.2 Å². The summed E-state index contributed by atoms with van der Waals surface area (Å²) in [6.45, 7) is 6.09. The van der Waals surface area contributed by atoms with E-state index < -0.39 is 29.6 Å². The Hall–Kier alpha value is -2.49.